The van der Waals surface area contributed by atoms with Crippen LogP contribution in [0.2, 0.25) is 0 Å². The van der Waals surface area contributed by atoms with E-state index in [1.807, 2.05) is 97.9 Å². The number of nitrogens with one attached hydrogen (secondary N) is 1. The maximum absolute atomic E-state index is 13.4. The van der Waals surface area contributed by atoms with E-state index in [1.165, 1.54) is 12.7 Å². The van der Waals surface area contributed by atoms with E-state index >= 15 is 0 Å². The molecule has 0 bridgehead atoms. The van der Waals surface area contributed by atoms with Gasteiger partial charge in [0.15, 0.2) is 0 Å². The molecule has 0 spiro atoms. The van der Waals surface area contributed by atoms with Gasteiger partial charge < -0.3 is 20.0 Å². The molecular formula is C36H34F3N3O5. The van der Waals surface area contributed by atoms with Crippen LogP contribution in [0.1, 0.15) is 32.6 Å². The van der Waals surface area contributed by atoms with Crippen molar-refractivity contribution in [1.29, 1.82) is 0 Å². The molecule has 0 unspecified atom stereocenters. The molecule has 8 nitrogen and oxygen atoms in total. The summed E-state index contributed by atoms with van der Waals surface area (Å²) < 4.78 is 36.7. The Morgan fingerprint density at radius 1 is 0.894 bits per heavy atom. The first-order chi connectivity index (χ1) is 22.3. The number of aryl methyl sites for hydroxylation is 1. The van der Waals surface area contributed by atoms with Crippen molar-refractivity contribution in [2.24, 2.45) is 11.7 Å². The van der Waals surface area contributed by atoms with Gasteiger partial charge in [-0.25, -0.2) is 0 Å². The zero-order valence-electron chi connectivity index (χ0n) is 25.7. The maximum Gasteiger partial charge on any atom is 0.430 e. The molecule has 0 saturated heterocycles. The van der Waals surface area contributed by atoms with Crippen LogP contribution in [0.4, 0.5) is 13.2 Å². The van der Waals surface area contributed by atoms with E-state index in [0.29, 0.717) is 17.5 Å². The van der Waals surface area contributed by atoms with E-state index in [2.05, 4.69) is 11.4 Å². The number of carboxylic acid groups (broad SMARTS) is 1. The van der Waals surface area contributed by atoms with E-state index in [-0.39, 0.29) is 11.7 Å². The molecule has 47 heavy (non-hydrogen) atoms. The van der Waals surface area contributed by atoms with E-state index in [0.717, 1.165) is 22.3 Å². The monoisotopic (exact) mass is 645 g/mol. The lowest BCUT2D eigenvalue weighted by molar-refractivity contribution is -0.344. The number of benzene rings is 4. The third kappa shape index (κ3) is 11.0. The Hall–Kier alpha value is -5.71. The Bertz CT molecular complexity index is 1720. The average Bonchev–Trinajstić information content (AvgIpc) is 3.05. The number of ether oxygens (including phenoxy) is 1. The molecule has 0 aliphatic carbocycles. The summed E-state index contributed by atoms with van der Waals surface area (Å²) in [4.78, 5) is 35.3. The zero-order chi connectivity index (χ0) is 34.6. The summed E-state index contributed by atoms with van der Waals surface area (Å²) in [5, 5.41) is 17.6. The number of carboxylic acids is 1. The summed E-state index contributed by atoms with van der Waals surface area (Å²) in [6.07, 6.45) is -1.16. The molecule has 11 heteroatoms. The highest BCUT2D eigenvalue weighted by atomic mass is 19.4. The van der Waals surface area contributed by atoms with E-state index in [9.17, 15) is 22.8 Å². The number of halogens is 3. The number of amidine groups is 1. The number of carbonyl (C=O) groups is 3. The highest BCUT2D eigenvalue weighted by Gasteiger charge is 2.30. The summed E-state index contributed by atoms with van der Waals surface area (Å²) in [6, 6.07) is 32.1. The van der Waals surface area contributed by atoms with Crippen LogP contribution in [0.3, 0.4) is 0 Å². The minimum Gasteiger partial charge on any atom is -0.542 e. The normalized spacial score (nSPS) is 12.3. The van der Waals surface area contributed by atoms with Gasteiger partial charge in [0.1, 0.15) is 5.97 Å². The van der Waals surface area contributed by atoms with Gasteiger partial charge in [-0.15, -0.1) is 0 Å². The highest BCUT2D eigenvalue weighted by Crippen LogP contribution is 2.22. The molecule has 2 atom stereocenters. The number of aliphatic carboxylic acids is 1. The largest absolute Gasteiger partial charge is 0.542 e. The number of esters is 1. The fourth-order valence-corrected chi connectivity index (χ4v) is 4.58. The molecule has 0 aromatic heterocycles. The van der Waals surface area contributed by atoms with Crippen LogP contribution in [0, 0.1) is 12.8 Å². The fraction of sp³-hybridized carbons (Fsp3) is 0.167. The number of hydrogen-bond donors (Lipinski definition) is 3. The minimum absolute atomic E-state index is 0.194. The van der Waals surface area contributed by atoms with Crippen LogP contribution in [-0.4, -0.2) is 43.0 Å². The van der Waals surface area contributed by atoms with Crippen LogP contribution in [0.15, 0.2) is 109 Å². The number of hydrogen-bond acceptors (Lipinski definition) is 5. The number of nitrogens with two attached hydrogens (primary N) is 2. The van der Waals surface area contributed by atoms with Crippen LogP contribution < -0.4 is 21.6 Å². The SMILES string of the molecule is COC(=O)[C@H](Cc1cccc(C(N)=[NH2+])c1)[C@@H](/C=C/c1ccccc1)NC(=O)c1ccc(-c2cccc(C)c2)cc1.O=C([O-])C(F)(F)F. The second-order valence-electron chi connectivity index (χ2n) is 10.5. The van der Waals surface area contributed by atoms with Crippen molar-refractivity contribution in [3.8, 4) is 11.1 Å². The fourth-order valence-electron chi connectivity index (χ4n) is 4.58. The topological polar surface area (TPSA) is 147 Å². The first-order valence-electron chi connectivity index (χ1n) is 14.3. The molecule has 0 saturated carbocycles. The highest BCUT2D eigenvalue weighted by molar-refractivity contribution is 5.95. The van der Waals surface area contributed by atoms with Gasteiger partial charge in [0, 0.05) is 5.56 Å². The molecule has 0 radical (unpaired) electrons. The van der Waals surface area contributed by atoms with Crippen LogP contribution in [0.5, 0.6) is 0 Å². The molecule has 1 amide bonds. The molecule has 5 N–H and O–H groups in total. The molecule has 4 rings (SSSR count). The number of carbonyl (C=O) groups excluding carboxylic acids is 3. The lowest BCUT2D eigenvalue weighted by Gasteiger charge is -2.24. The first-order valence-corrected chi connectivity index (χ1v) is 14.3. The molecule has 0 fully saturated rings. The third-order valence-corrected chi connectivity index (χ3v) is 6.98. The van der Waals surface area contributed by atoms with Crippen LogP contribution in [0.25, 0.3) is 17.2 Å². The van der Waals surface area contributed by atoms with E-state index in [1.54, 1.807) is 18.2 Å². The Morgan fingerprint density at radius 2 is 1.53 bits per heavy atom. The summed E-state index contributed by atoms with van der Waals surface area (Å²) in [6.45, 7) is 2.05. The van der Waals surface area contributed by atoms with Crippen molar-refractivity contribution >= 4 is 29.8 Å². The smallest absolute Gasteiger partial charge is 0.430 e. The number of methoxy groups -OCH3 is 1. The number of amides is 1. The van der Waals surface area contributed by atoms with Crippen molar-refractivity contribution in [3.05, 3.63) is 137 Å². The Morgan fingerprint density at radius 3 is 2.11 bits per heavy atom. The van der Waals surface area contributed by atoms with Gasteiger partial charge in [-0.05, 0) is 59.9 Å². The van der Waals surface area contributed by atoms with Crippen molar-refractivity contribution in [2.75, 3.05) is 7.11 Å². The van der Waals surface area contributed by atoms with Crippen molar-refractivity contribution < 1.29 is 42.8 Å². The molecule has 4 aromatic carbocycles. The zero-order valence-corrected chi connectivity index (χ0v) is 25.7. The van der Waals surface area contributed by atoms with Crippen molar-refractivity contribution in [3.63, 3.8) is 0 Å². The van der Waals surface area contributed by atoms with Gasteiger partial charge in [0.2, 0.25) is 0 Å². The molecule has 244 valence electrons. The Kier molecular flexibility index (Phi) is 12.6. The molecule has 4 aromatic rings. The van der Waals surface area contributed by atoms with Gasteiger partial charge in [0.25, 0.3) is 11.7 Å². The second kappa shape index (κ2) is 16.6. The summed E-state index contributed by atoms with van der Waals surface area (Å²) in [5.74, 6) is -4.24. The average molecular weight is 646 g/mol. The Labute approximate surface area is 270 Å². The number of alkyl halides is 3. The molecule has 0 aliphatic rings. The van der Waals surface area contributed by atoms with E-state index < -0.39 is 30.1 Å². The predicted molar refractivity (Wildman–Crippen MR) is 170 cm³/mol. The van der Waals surface area contributed by atoms with Gasteiger partial charge in [0.05, 0.1) is 24.6 Å². The van der Waals surface area contributed by atoms with Crippen molar-refractivity contribution in [2.45, 2.75) is 25.6 Å². The maximum atomic E-state index is 13.4. The van der Waals surface area contributed by atoms with Crippen LogP contribution in [-0.2, 0) is 20.7 Å². The van der Waals surface area contributed by atoms with Gasteiger partial charge in [-0.2, -0.15) is 13.2 Å². The van der Waals surface area contributed by atoms with Gasteiger partial charge in [-0.3, -0.25) is 20.7 Å². The lowest BCUT2D eigenvalue weighted by atomic mass is 9.90. The molecular weight excluding hydrogens is 611 g/mol. The first kappa shape index (κ1) is 35.8. The second-order valence-corrected chi connectivity index (χ2v) is 10.5. The number of rotatable bonds is 10. The summed E-state index contributed by atoms with van der Waals surface area (Å²) >= 11 is 0. The Balaban J connectivity index is 0.000000771. The summed E-state index contributed by atoms with van der Waals surface area (Å²) in [5.41, 5.74) is 12.0. The van der Waals surface area contributed by atoms with Crippen LogP contribution >= 0.6 is 0 Å². The van der Waals surface area contributed by atoms with Gasteiger partial charge >= 0.3 is 12.1 Å². The van der Waals surface area contributed by atoms with E-state index in [4.69, 9.17) is 25.8 Å². The standard InChI is InChI=1S/C34H33N3O3.C2HF3O2/c1-23-8-6-12-28(20-23)26-15-17-27(18-16-26)33(38)37-31(19-14-24-9-4-3-5-10-24)30(34(39)40-2)22-25-11-7-13-29(21-25)32(35)36;3-2(4,5)1(6)7/h3-21,30-31H,22H2,1-2H3,(H3,35,36)(H,37,38);(H,6,7)/b19-14+;/t30-,31-;/m1./s1. The quantitative estimate of drug-likeness (QED) is 0.137. The molecule has 0 heterocycles. The minimum atomic E-state index is -5.19. The predicted octanol–water partition coefficient (Wildman–Crippen LogP) is 3.27. The third-order valence-electron chi connectivity index (χ3n) is 6.98. The summed E-state index contributed by atoms with van der Waals surface area (Å²) in [7, 11) is 1.35. The molecule has 0 aliphatic heterocycles. The van der Waals surface area contributed by atoms with Crippen molar-refractivity contribution in [1.82, 2.24) is 5.32 Å². The lowest BCUT2D eigenvalue weighted by Crippen LogP contribution is -2.46. The van der Waals surface area contributed by atoms with Gasteiger partial charge in [-0.1, -0.05) is 96.6 Å².